The van der Waals surface area contributed by atoms with E-state index in [1.165, 1.54) is 12.0 Å². The lowest BCUT2D eigenvalue weighted by molar-refractivity contribution is 0.267. The highest BCUT2D eigenvalue weighted by Gasteiger charge is 2.32. The summed E-state index contributed by atoms with van der Waals surface area (Å²) in [5.74, 6) is 1.72. The Hall–Kier alpha value is -1.65. The van der Waals surface area contributed by atoms with Crippen LogP contribution in [0.3, 0.4) is 0 Å². The van der Waals surface area contributed by atoms with Gasteiger partial charge >= 0.3 is 0 Å². The van der Waals surface area contributed by atoms with Crippen LogP contribution in [0.2, 0.25) is 0 Å². The van der Waals surface area contributed by atoms with Crippen molar-refractivity contribution in [3.63, 3.8) is 0 Å². The van der Waals surface area contributed by atoms with Gasteiger partial charge in [0, 0.05) is 37.4 Å². The Morgan fingerprint density at radius 3 is 3.04 bits per heavy atom. The predicted octanol–water partition coefficient (Wildman–Crippen LogP) is 3.28. The van der Waals surface area contributed by atoms with E-state index in [1.54, 1.807) is 6.26 Å². The molecule has 2 aromatic rings. The Morgan fingerprint density at radius 1 is 1.39 bits per heavy atom. The maximum Gasteiger partial charge on any atom is 0.103 e. The number of hydrogen-bond acceptors (Lipinski definition) is 4. The maximum absolute atomic E-state index is 5.41. The summed E-state index contributed by atoms with van der Waals surface area (Å²) >= 11 is 0. The average Bonchev–Trinajstić information content (AvgIpc) is 3.21. The summed E-state index contributed by atoms with van der Waals surface area (Å²) in [5, 5.41) is 3.72. The molecule has 3 heterocycles. The van der Waals surface area contributed by atoms with E-state index in [2.05, 4.69) is 41.3 Å². The summed E-state index contributed by atoms with van der Waals surface area (Å²) in [6, 6.07) is 9.23. The Labute approximate surface area is 138 Å². The molecule has 0 spiro atoms. The number of pyridine rings is 1. The number of aromatic nitrogens is 1. The summed E-state index contributed by atoms with van der Waals surface area (Å²) < 4.78 is 5.41. The molecular formula is C19H27N3O. The van der Waals surface area contributed by atoms with Crippen LogP contribution in [0.1, 0.15) is 37.1 Å². The Balaban J connectivity index is 1.50. The van der Waals surface area contributed by atoms with Crippen molar-refractivity contribution >= 4 is 0 Å². The number of rotatable bonds is 7. The lowest BCUT2D eigenvalue weighted by Crippen LogP contribution is -2.34. The van der Waals surface area contributed by atoms with Crippen LogP contribution in [0, 0.1) is 5.92 Å². The minimum absolute atomic E-state index is 0.480. The van der Waals surface area contributed by atoms with Crippen molar-refractivity contribution in [1.82, 2.24) is 15.2 Å². The van der Waals surface area contributed by atoms with E-state index in [0.717, 1.165) is 31.7 Å². The second-order valence-corrected chi connectivity index (χ2v) is 6.69. The summed E-state index contributed by atoms with van der Waals surface area (Å²) in [7, 11) is 2.22. The van der Waals surface area contributed by atoms with Crippen molar-refractivity contribution in [3.8, 4) is 0 Å². The smallest absolute Gasteiger partial charge is 0.103 e. The summed E-state index contributed by atoms with van der Waals surface area (Å²) in [6.07, 6.45) is 8.96. The highest BCUT2D eigenvalue weighted by molar-refractivity contribution is 5.17. The van der Waals surface area contributed by atoms with Crippen LogP contribution in [-0.4, -0.2) is 36.1 Å². The molecule has 1 aliphatic rings. The molecule has 0 radical (unpaired) electrons. The van der Waals surface area contributed by atoms with Gasteiger partial charge in [0.25, 0.3) is 0 Å². The number of nitrogens with one attached hydrogen (secondary N) is 1. The number of hydrogen-bond donors (Lipinski definition) is 1. The van der Waals surface area contributed by atoms with E-state index in [9.17, 15) is 0 Å². The normalized spacial score (nSPS) is 23.2. The molecule has 124 valence electrons. The Bertz CT molecular complexity index is 570. The van der Waals surface area contributed by atoms with Crippen molar-refractivity contribution in [2.24, 2.45) is 5.92 Å². The fraction of sp³-hybridized carbons (Fsp3) is 0.526. The van der Waals surface area contributed by atoms with Crippen LogP contribution in [0.25, 0.3) is 0 Å². The second-order valence-electron chi connectivity index (χ2n) is 6.69. The third-order valence-corrected chi connectivity index (χ3v) is 4.93. The molecule has 2 aromatic heterocycles. The molecule has 1 saturated heterocycles. The molecule has 3 rings (SSSR count). The first kappa shape index (κ1) is 16.2. The molecule has 3 atom stereocenters. The van der Waals surface area contributed by atoms with Crippen molar-refractivity contribution in [3.05, 3.63) is 54.2 Å². The van der Waals surface area contributed by atoms with Crippen LogP contribution in [-0.2, 0) is 6.42 Å². The number of furan rings is 1. The number of nitrogens with zero attached hydrogens (tertiary/aromatic N) is 2. The highest BCUT2D eigenvalue weighted by atomic mass is 16.3. The van der Waals surface area contributed by atoms with Gasteiger partial charge in [-0.1, -0.05) is 6.07 Å². The number of aryl methyl sites for hydroxylation is 1. The Morgan fingerprint density at radius 2 is 2.30 bits per heavy atom. The average molecular weight is 313 g/mol. The third kappa shape index (κ3) is 4.21. The highest BCUT2D eigenvalue weighted by Crippen LogP contribution is 2.35. The van der Waals surface area contributed by atoms with E-state index in [-0.39, 0.29) is 0 Å². The summed E-state index contributed by atoms with van der Waals surface area (Å²) in [6.45, 7) is 4.48. The summed E-state index contributed by atoms with van der Waals surface area (Å²) in [5.41, 5.74) is 1.34. The lowest BCUT2D eigenvalue weighted by Gasteiger charge is -2.26. The maximum atomic E-state index is 5.41. The fourth-order valence-corrected chi connectivity index (χ4v) is 3.59. The zero-order chi connectivity index (χ0) is 16.1. The fourth-order valence-electron chi connectivity index (χ4n) is 3.59. The van der Waals surface area contributed by atoms with Crippen LogP contribution in [0.4, 0.5) is 0 Å². The third-order valence-electron chi connectivity index (χ3n) is 4.93. The van der Waals surface area contributed by atoms with E-state index >= 15 is 0 Å². The SMILES string of the molecule is CC(CCc1ccco1)NC[C@@H]1CCN(C)[C@H]1c1cccnc1. The number of likely N-dealkylation sites (tertiary alicyclic amines) is 1. The Kier molecular flexibility index (Phi) is 5.47. The zero-order valence-electron chi connectivity index (χ0n) is 14.1. The molecule has 1 N–H and O–H groups in total. The summed E-state index contributed by atoms with van der Waals surface area (Å²) in [4.78, 5) is 6.75. The van der Waals surface area contributed by atoms with E-state index in [0.29, 0.717) is 18.0 Å². The van der Waals surface area contributed by atoms with Gasteiger partial charge in [-0.25, -0.2) is 0 Å². The van der Waals surface area contributed by atoms with Gasteiger partial charge in [-0.3, -0.25) is 9.88 Å². The molecule has 4 nitrogen and oxygen atoms in total. The zero-order valence-corrected chi connectivity index (χ0v) is 14.1. The van der Waals surface area contributed by atoms with Gasteiger partial charge in [-0.05, 0) is 63.0 Å². The van der Waals surface area contributed by atoms with E-state index in [1.807, 2.05) is 24.5 Å². The van der Waals surface area contributed by atoms with Gasteiger partial charge in [0.05, 0.1) is 6.26 Å². The van der Waals surface area contributed by atoms with Crippen LogP contribution in [0.15, 0.2) is 47.3 Å². The molecule has 1 fully saturated rings. The van der Waals surface area contributed by atoms with Gasteiger partial charge in [0.1, 0.15) is 5.76 Å². The first-order chi connectivity index (χ1) is 11.2. The molecule has 23 heavy (non-hydrogen) atoms. The molecule has 0 saturated carbocycles. The molecule has 0 bridgehead atoms. The molecular weight excluding hydrogens is 286 g/mol. The molecule has 0 amide bonds. The predicted molar refractivity (Wildman–Crippen MR) is 92.2 cm³/mol. The molecule has 0 aliphatic carbocycles. The molecule has 0 aromatic carbocycles. The van der Waals surface area contributed by atoms with Gasteiger partial charge in [-0.15, -0.1) is 0 Å². The van der Waals surface area contributed by atoms with Gasteiger partial charge in [-0.2, -0.15) is 0 Å². The van der Waals surface area contributed by atoms with Crippen molar-refractivity contribution in [2.45, 2.75) is 38.3 Å². The minimum atomic E-state index is 0.480. The minimum Gasteiger partial charge on any atom is -0.469 e. The van der Waals surface area contributed by atoms with Gasteiger partial charge in [0.15, 0.2) is 0 Å². The monoisotopic (exact) mass is 313 g/mol. The van der Waals surface area contributed by atoms with Gasteiger partial charge < -0.3 is 9.73 Å². The topological polar surface area (TPSA) is 41.3 Å². The van der Waals surface area contributed by atoms with Crippen molar-refractivity contribution in [2.75, 3.05) is 20.1 Å². The molecule has 1 aliphatic heterocycles. The van der Waals surface area contributed by atoms with Crippen molar-refractivity contribution in [1.29, 1.82) is 0 Å². The first-order valence-corrected chi connectivity index (χ1v) is 8.60. The van der Waals surface area contributed by atoms with E-state index in [4.69, 9.17) is 4.42 Å². The van der Waals surface area contributed by atoms with Crippen molar-refractivity contribution < 1.29 is 4.42 Å². The lowest BCUT2D eigenvalue weighted by atomic mass is 9.94. The van der Waals surface area contributed by atoms with E-state index < -0.39 is 0 Å². The van der Waals surface area contributed by atoms with Crippen LogP contribution < -0.4 is 5.32 Å². The van der Waals surface area contributed by atoms with Crippen LogP contribution >= 0.6 is 0 Å². The molecule has 1 unspecified atom stereocenters. The second kappa shape index (κ2) is 7.75. The van der Waals surface area contributed by atoms with Gasteiger partial charge in [0.2, 0.25) is 0 Å². The largest absolute Gasteiger partial charge is 0.469 e. The first-order valence-electron chi connectivity index (χ1n) is 8.60. The molecule has 4 heteroatoms. The quantitative estimate of drug-likeness (QED) is 0.852. The standard InChI is InChI=1S/C19H27N3O/c1-15(7-8-18-6-4-12-23-18)21-14-17-9-11-22(2)19(17)16-5-3-10-20-13-16/h3-6,10,12-13,15,17,19,21H,7-9,11,14H2,1-2H3/t15?,17-,19-/m0/s1. The van der Waals surface area contributed by atoms with Crippen LogP contribution in [0.5, 0.6) is 0 Å².